The highest BCUT2D eigenvalue weighted by Crippen LogP contribution is 2.40. The number of hydrogen-bond acceptors (Lipinski definition) is 6. The summed E-state index contributed by atoms with van der Waals surface area (Å²) in [4.78, 5) is 13.0. The Labute approximate surface area is 199 Å². The molecule has 10 heteroatoms. The zero-order chi connectivity index (χ0) is 24.5. The molecule has 0 saturated carbocycles. The predicted molar refractivity (Wildman–Crippen MR) is 132 cm³/mol. The topological polar surface area (TPSA) is 95.9 Å². The van der Waals surface area contributed by atoms with Gasteiger partial charge in [-0.05, 0) is 44.4 Å². The van der Waals surface area contributed by atoms with Crippen LogP contribution in [0.1, 0.15) is 45.7 Å². The molecule has 32 heavy (non-hydrogen) atoms. The molecule has 0 aliphatic carbocycles. The third kappa shape index (κ3) is 6.75. The Morgan fingerprint density at radius 2 is 2.03 bits per heavy atom. The summed E-state index contributed by atoms with van der Waals surface area (Å²) >= 11 is 7.13. The maximum absolute atomic E-state index is 12.7. The molecule has 0 bridgehead atoms. The first kappa shape index (κ1) is 27.5. The number of amides is 1. The number of nitrogens with zero attached hydrogens (tertiary/aromatic N) is 1. The van der Waals surface area contributed by atoms with Gasteiger partial charge in [-0.1, -0.05) is 37.6 Å². The second-order valence-electron chi connectivity index (χ2n) is 6.10. The fourth-order valence-electron chi connectivity index (χ4n) is 2.58. The van der Waals surface area contributed by atoms with Gasteiger partial charge >= 0.3 is 0 Å². The number of carbonyl (C=O) groups excluding carboxylic acids is 1. The summed E-state index contributed by atoms with van der Waals surface area (Å²) in [6.07, 6.45) is 4.42. The van der Waals surface area contributed by atoms with Crippen molar-refractivity contribution in [3.05, 3.63) is 52.1 Å². The molecule has 2 rings (SSSR count). The Hall–Kier alpha value is -2.49. The minimum Gasteiger partial charge on any atom is -0.507 e. The first-order chi connectivity index (χ1) is 15.1. The van der Waals surface area contributed by atoms with Crippen LogP contribution < -0.4 is 9.46 Å². The Morgan fingerprint density at radius 1 is 1.38 bits per heavy atom. The maximum atomic E-state index is 12.7. The van der Waals surface area contributed by atoms with Crippen molar-refractivity contribution in [2.75, 3.05) is 11.3 Å². The first-order valence-corrected chi connectivity index (χ1v) is 12.7. The van der Waals surface area contributed by atoms with Gasteiger partial charge in [-0.15, -0.1) is 11.3 Å². The van der Waals surface area contributed by atoms with Gasteiger partial charge in [-0.3, -0.25) is 14.4 Å². The summed E-state index contributed by atoms with van der Waals surface area (Å²) < 4.78 is 33.6. The van der Waals surface area contributed by atoms with Crippen LogP contribution in [-0.4, -0.2) is 30.9 Å². The molecule has 0 unspecified atom stereocenters. The number of rotatable bonds is 8. The zero-order valence-corrected chi connectivity index (χ0v) is 21.4. The van der Waals surface area contributed by atoms with Gasteiger partial charge < -0.3 is 9.84 Å². The van der Waals surface area contributed by atoms with E-state index in [9.17, 15) is 18.3 Å². The second-order valence-corrected chi connectivity index (χ2v) is 9.35. The smallest absolute Gasteiger partial charge is 0.271 e. The van der Waals surface area contributed by atoms with Crippen molar-refractivity contribution < 1.29 is 23.1 Å². The zero-order valence-electron chi connectivity index (χ0n) is 19.0. The lowest BCUT2D eigenvalue weighted by Crippen LogP contribution is -2.19. The molecule has 7 nitrogen and oxygen atoms in total. The molecule has 176 valence electrons. The molecule has 1 heterocycles. The van der Waals surface area contributed by atoms with E-state index in [1.165, 1.54) is 36.2 Å². The largest absolute Gasteiger partial charge is 0.507 e. The number of nitrogens with one attached hydrogen (secondary N) is 1. The minimum absolute atomic E-state index is 0.103. The van der Waals surface area contributed by atoms with Crippen LogP contribution in [0.15, 0.2) is 45.2 Å². The molecule has 1 aromatic heterocycles. The van der Waals surface area contributed by atoms with E-state index in [0.717, 1.165) is 11.3 Å². The Morgan fingerprint density at radius 3 is 2.53 bits per heavy atom. The molecule has 0 atom stereocenters. The van der Waals surface area contributed by atoms with E-state index in [1.54, 1.807) is 38.3 Å². The first-order valence-electron chi connectivity index (χ1n) is 9.97. The normalized spacial score (nSPS) is 11.7. The van der Waals surface area contributed by atoms with Gasteiger partial charge in [0.1, 0.15) is 20.9 Å². The molecule has 2 N–H and O–H groups in total. The summed E-state index contributed by atoms with van der Waals surface area (Å²) in [6.45, 7) is 10.7. The van der Waals surface area contributed by atoms with Crippen molar-refractivity contribution in [3.8, 4) is 11.5 Å². The maximum Gasteiger partial charge on any atom is 0.271 e. The van der Waals surface area contributed by atoms with Crippen molar-refractivity contribution in [2.45, 2.75) is 45.8 Å². The second kappa shape index (κ2) is 12.5. The van der Waals surface area contributed by atoms with E-state index >= 15 is 0 Å². The fourth-order valence-corrected chi connectivity index (χ4v) is 4.80. The van der Waals surface area contributed by atoms with Crippen LogP contribution >= 0.6 is 22.9 Å². The van der Waals surface area contributed by atoms with E-state index < -0.39 is 10.0 Å². The predicted octanol–water partition coefficient (Wildman–Crippen LogP) is 5.91. The van der Waals surface area contributed by atoms with Crippen LogP contribution in [-0.2, 0) is 14.8 Å². The molecule has 0 aliphatic heterocycles. The van der Waals surface area contributed by atoms with Gasteiger partial charge in [0.05, 0.1) is 12.3 Å². The van der Waals surface area contributed by atoms with Crippen molar-refractivity contribution in [1.29, 1.82) is 0 Å². The Bertz CT molecular complexity index is 1080. The number of sulfonamides is 1. The minimum atomic E-state index is -3.83. The molecule has 0 radical (unpaired) electrons. The lowest BCUT2D eigenvalue weighted by molar-refractivity contribution is -0.124. The van der Waals surface area contributed by atoms with Gasteiger partial charge in [-0.25, -0.2) is 8.42 Å². The highest BCUT2D eigenvalue weighted by Gasteiger charge is 2.21. The quantitative estimate of drug-likeness (QED) is 0.347. The van der Waals surface area contributed by atoms with E-state index in [0.29, 0.717) is 5.56 Å². The summed E-state index contributed by atoms with van der Waals surface area (Å²) in [6, 6.07) is 4.57. The van der Waals surface area contributed by atoms with Crippen LogP contribution in [0, 0.1) is 6.92 Å². The highest BCUT2D eigenvalue weighted by molar-refractivity contribution is 7.94. The van der Waals surface area contributed by atoms with Crippen LogP contribution in [0.5, 0.6) is 11.5 Å². The Kier molecular flexibility index (Phi) is 10.8. The van der Waals surface area contributed by atoms with E-state index in [2.05, 4.69) is 4.72 Å². The average molecular weight is 501 g/mol. The fraction of sp³-hybridized carbons (Fsp3) is 0.318. The SMILES string of the molecule is C/C=C(/Cl)N(/C=C/c1cc(NS(=O)(=O)c2cccs2)c(OCC)c(C)c1O)C(C)=O.CC. The molecular weight excluding hydrogens is 472 g/mol. The van der Waals surface area contributed by atoms with Gasteiger partial charge in [0.2, 0.25) is 5.91 Å². The standard InChI is InChI=1S/C20H23ClN2O5S2.C2H6/c1-5-17(21)23(14(4)24)10-9-15-12-16(20(28-6-2)13(3)19(15)25)22-30(26,27)18-8-7-11-29-18;1-2/h5,7-12,22,25H,6H2,1-4H3;1-2H3/b10-9+,17-5-;. The number of phenolic OH excluding ortho intramolecular Hbond substituents is 1. The van der Waals surface area contributed by atoms with Gasteiger partial charge in [0, 0.05) is 24.3 Å². The van der Waals surface area contributed by atoms with E-state index in [1.807, 2.05) is 13.8 Å². The van der Waals surface area contributed by atoms with Crippen LogP contribution in [0.25, 0.3) is 6.08 Å². The third-order valence-electron chi connectivity index (χ3n) is 4.02. The van der Waals surface area contributed by atoms with Crippen molar-refractivity contribution in [3.63, 3.8) is 0 Å². The van der Waals surface area contributed by atoms with Crippen molar-refractivity contribution >= 4 is 50.6 Å². The van der Waals surface area contributed by atoms with Crippen LogP contribution in [0.3, 0.4) is 0 Å². The average Bonchev–Trinajstić information content (AvgIpc) is 3.31. The number of halogens is 1. The van der Waals surface area contributed by atoms with E-state index in [4.69, 9.17) is 16.3 Å². The molecule has 0 saturated heterocycles. The lowest BCUT2D eigenvalue weighted by Gasteiger charge is -2.18. The number of anilines is 1. The number of hydrogen-bond donors (Lipinski definition) is 2. The summed E-state index contributed by atoms with van der Waals surface area (Å²) in [7, 11) is -3.83. The number of allylic oxidation sites excluding steroid dienone is 1. The number of thiophene rings is 1. The molecule has 0 spiro atoms. The number of phenols is 1. The Balaban J connectivity index is 0.00000249. The number of carbonyl (C=O) groups is 1. The summed E-state index contributed by atoms with van der Waals surface area (Å²) in [5.41, 5.74) is 0.813. The number of benzene rings is 1. The van der Waals surface area contributed by atoms with Gasteiger partial charge in [0.25, 0.3) is 10.0 Å². The molecule has 1 aromatic carbocycles. The molecular formula is C22H29ClN2O5S2. The monoisotopic (exact) mass is 500 g/mol. The van der Waals surface area contributed by atoms with Gasteiger partial charge in [-0.2, -0.15) is 0 Å². The van der Waals surface area contributed by atoms with E-state index in [-0.39, 0.29) is 44.6 Å². The summed E-state index contributed by atoms with van der Waals surface area (Å²) in [5.74, 6) is -0.203. The lowest BCUT2D eigenvalue weighted by atomic mass is 10.1. The highest BCUT2D eigenvalue weighted by atomic mass is 35.5. The van der Waals surface area contributed by atoms with Crippen LogP contribution in [0.4, 0.5) is 5.69 Å². The molecule has 0 fully saturated rings. The van der Waals surface area contributed by atoms with Crippen LogP contribution in [0.2, 0.25) is 0 Å². The third-order valence-corrected chi connectivity index (χ3v) is 7.18. The van der Waals surface area contributed by atoms with Crippen molar-refractivity contribution in [2.24, 2.45) is 0 Å². The molecule has 2 aromatic rings. The summed E-state index contributed by atoms with van der Waals surface area (Å²) in [5, 5.41) is 12.5. The molecule has 1 amide bonds. The number of aromatic hydroxyl groups is 1. The molecule has 0 aliphatic rings. The van der Waals surface area contributed by atoms with Gasteiger partial charge in [0.15, 0.2) is 0 Å². The number of ether oxygens (including phenoxy) is 1. The van der Waals surface area contributed by atoms with Crippen molar-refractivity contribution in [1.82, 2.24) is 4.90 Å².